The molecule has 23 heavy (non-hydrogen) atoms. The zero-order chi connectivity index (χ0) is 16.7. The number of aromatic nitrogens is 2. The zero-order valence-electron chi connectivity index (χ0n) is 13.6. The lowest BCUT2D eigenvalue weighted by atomic mass is 10.1. The Morgan fingerprint density at radius 3 is 2.61 bits per heavy atom. The van der Waals surface area contributed by atoms with Gasteiger partial charge in [0.2, 0.25) is 0 Å². The highest BCUT2D eigenvalue weighted by atomic mass is 32.2. The third kappa shape index (κ3) is 4.69. The average Bonchev–Trinajstić information content (AvgIpc) is 2.57. The Bertz CT molecular complexity index is 659. The molecule has 1 amide bonds. The van der Waals surface area contributed by atoms with Crippen LogP contribution in [0.15, 0.2) is 35.6 Å². The van der Waals surface area contributed by atoms with Crippen LogP contribution in [0, 0.1) is 0 Å². The average molecular weight is 331 g/mol. The van der Waals surface area contributed by atoms with E-state index in [1.165, 1.54) is 11.8 Å². The van der Waals surface area contributed by atoms with Gasteiger partial charge in [-0.1, -0.05) is 25.1 Å². The molecule has 0 saturated heterocycles. The van der Waals surface area contributed by atoms with Gasteiger partial charge in [-0.2, -0.15) is 0 Å². The molecule has 0 aliphatic carbocycles. The Morgan fingerprint density at radius 2 is 2.00 bits per heavy atom. The van der Waals surface area contributed by atoms with Crippen LogP contribution in [0.2, 0.25) is 0 Å². The number of benzene rings is 1. The van der Waals surface area contributed by atoms with Crippen molar-refractivity contribution in [3.05, 3.63) is 41.7 Å². The van der Waals surface area contributed by atoms with Gasteiger partial charge in [-0.25, -0.2) is 9.97 Å². The monoisotopic (exact) mass is 331 g/mol. The van der Waals surface area contributed by atoms with Crippen LogP contribution < -0.4 is 10.1 Å². The van der Waals surface area contributed by atoms with E-state index in [0.29, 0.717) is 17.3 Å². The maximum absolute atomic E-state index is 12.5. The fourth-order valence-electron chi connectivity index (χ4n) is 2.11. The lowest BCUT2D eigenvalue weighted by Crippen LogP contribution is -2.16. The molecule has 1 heterocycles. The summed E-state index contributed by atoms with van der Waals surface area (Å²) < 4.78 is 5.39. The molecule has 0 aliphatic heterocycles. The first-order valence-corrected chi connectivity index (χ1v) is 8.84. The molecule has 1 aromatic heterocycles. The summed E-state index contributed by atoms with van der Waals surface area (Å²) in [6, 6.07) is 7.30. The summed E-state index contributed by atoms with van der Waals surface area (Å²) >= 11 is 1.47. The van der Waals surface area contributed by atoms with E-state index >= 15 is 0 Å². The van der Waals surface area contributed by atoms with E-state index in [0.717, 1.165) is 30.0 Å². The minimum atomic E-state index is -0.190. The molecule has 0 fully saturated rings. The van der Waals surface area contributed by atoms with Gasteiger partial charge in [-0.05, 0) is 43.9 Å². The predicted molar refractivity (Wildman–Crippen MR) is 93.4 cm³/mol. The maximum atomic E-state index is 12.5. The molecule has 1 N–H and O–H groups in total. The molecule has 1 aromatic carbocycles. The molecule has 2 rings (SSSR count). The van der Waals surface area contributed by atoms with Crippen molar-refractivity contribution < 1.29 is 9.53 Å². The number of anilines is 1. The van der Waals surface area contributed by atoms with Gasteiger partial charge in [0.1, 0.15) is 5.75 Å². The number of rotatable bonds is 7. The van der Waals surface area contributed by atoms with Gasteiger partial charge < -0.3 is 10.1 Å². The second kappa shape index (κ2) is 8.53. The number of amides is 1. The molecule has 0 unspecified atom stereocenters. The molecular weight excluding hydrogens is 310 g/mol. The lowest BCUT2D eigenvalue weighted by Gasteiger charge is -2.10. The lowest BCUT2D eigenvalue weighted by molar-refractivity contribution is 0.102. The van der Waals surface area contributed by atoms with E-state index < -0.39 is 0 Å². The van der Waals surface area contributed by atoms with Crippen LogP contribution in [0.4, 0.5) is 5.69 Å². The van der Waals surface area contributed by atoms with Crippen LogP contribution in [-0.4, -0.2) is 28.7 Å². The molecule has 0 bridgehead atoms. The summed E-state index contributed by atoms with van der Waals surface area (Å²) in [6.07, 6.45) is 5.20. The number of nitrogens with one attached hydrogen (secondary N) is 1. The molecule has 6 heteroatoms. The second-order valence-electron chi connectivity index (χ2n) is 4.88. The topological polar surface area (TPSA) is 64.1 Å². The predicted octanol–water partition coefficient (Wildman–Crippen LogP) is 3.80. The number of hydrogen-bond acceptors (Lipinski definition) is 5. The first-order chi connectivity index (χ1) is 11.2. The van der Waals surface area contributed by atoms with Gasteiger partial charge in [0.15, 0.2) is 5.16 Å². The van der Waals surface area contributed by atoms with Crippen LogP contribution in [0.25, 0.3) is 0 Å². The normalized spacial score (nSPS) is 10.4. The van der Waals surface area contributed by atoms with E-state index in [9.17, 15) is 4.79 Å². The number of ether oxygens (including phenoxy) is 1. The first kappa shape index (κ1) is 17.3. The van der Waals surface area contributed by atoms with Gasteiger partial charge in [-0.3, -0.25) is 4.79 Å². The van der Waals surface area contributed by atoms with Gasteiger partial charge in [-0.15, -0.1) is 0 Å². The maximum Gasteiger partial charge on any atom is 0.259 e. The van der Waals surface area contributed by atoms with Crippen molar-refractivity contribution in [2.75, 3.05) is 18.2 Å². The van der Waals surface area contributed by atoms with Crippen molar-refractivity contribution in [2.24, 2.45) is 0 Å². The molecule has 0 spiro atoms. The van der Waals surface area contributed by atoms with Crippen LogP contribution in [-0.2, 0) is 6.42 Å². The Labute approximate surface area is 140 Å². The number of thioether (sulfide) groups is 1. The third-order valence-corrected chi connectivity index (χ3v) is 3.74. The number of aryl methyl sites for hydroxylation is 1. The van der Waals surface area contributed by atoms with Crippen molar-refractivity contribution >= 4 is 23.4 Å². The van der Waals surface area contributed by atoms with Crippen LogP contribution in [0.5, 0.6) is 5.75 Å². The Hall–Kier alpha value is -2.08. The van der Waals surface area contributed by atoms with E-state index in [-0.39, 0.29) is 5.91 Å². The highest BCUT2D eigenvalue weighted by molar-refractivity contribution is 7.98. The van der Waals surface area contributed by atoms with Crippen LogP contribution in [0.3, 0.4) is 0 Å². The molecule has 0 aliphatic rings. The van der Waals surface area contributed by atoms with Crippen molar-refractivity contribution in [3.63, 3.8) is 0 Å². The van der Waals surface area contributed by atoms with E-state index in [2.05, 4.69) is 22.2 Å². The summed E-state index contributed by atoms with van der Waals surface area (Å²) in [4.78, 5) is 21.2. The molecule has 0 atom stereocenters. The number of nitrogens with zero attached hydrogens (tertiary/aromatic N) is 2. The summed E-state index contributed by atoms with van der Waals surface area (Å²) in [7, 11) is 0. The molecule has 2 aromatic rings. The Kier molecular flexibility index (Phi) is 6.40. The Balaban J connectivity index is 2.16. The summed E-state index contributed by atoms with van der Waals surface area (Å²) in [6.45, 7) is 4.61. The van der Waals surface area contributed by atoms with Gasteiger partial charge in [0.25, 0.3) is 5.91 Å². The quantitative estimate of drug-likeness (QED) is 0.617. The molecule has 0 radical (unpaired) electrons. The fraction of sp³-hybridized carbons (Fsp3) is 0.353. The molecule has 5 nitrogen and oxygen atoms in total. The number of hydrogen-bond donors (Lipinski definition) is 1. The van der Waals surface area contributed by atoms with E-state index in [1.54, 1.807) is 6.20 Å². The van der Waals surface area contributed by atoms with Crippen molar-refractivity contribution in [2.45, 2.75) is 31.8 Å². The highest BCUT2D eigenvalue weighted by Gasteiger charge is 2.14. The largest absolute Gasteiger partial charge is 0.494 e. The molecular formula is C17H21N3O2S. The summed E-state index contributed by atoms with van der Waals surface area (Å²) in [5.74, 6) is 0.593. The third-order valence-electron chi connectivity index (χ3n) is 3.18. The summed E-state index contributed by atoms with van der Waals surface area (Å²) in [5.41, 5.74) is 2.03. The smallest absolute Gasteiger partial charge is 0.259 e. The minimum absolute atomic E-state index is 0.190. The van der Waals surface area contributed by atoms with Gasteiger partial charge in [0.05, 0.1) is 17.9 Å². The minimum Gasteiger partial charge on any atom is -0.494 e. The van der Waals surface area contributed by atoms with E-state index in [4.69, 9.17) is 4.74 Å². The van der Waals surface area contributed by atoms with Gasteiger partial charge in [0, 0.05) is 11.9 Å². The van der Waals surface area contributed by atoms with Crippen LogP contribution in [0.1, 0.15) is 36.3 Å². The summed E-state index contributed by atoms with van der Waals surface area (Å²) in [5, 5.41) is 3.57. The highest BCUT2D eigenvalue weighted by Crippen LogP contribution is 2.18. The molecule has 122 valence electrons. The fourth-order valence-corrected chi connectivity index (χ4v) is 2.47. The Morgan fingerprint density at radius 1 is 1.26 bits per heavy atom. The SMILES string of the molecule is CCCc1nc(SC)ncc1C(=O)Nc1ccc(OCC)cc1. The van der Waals surface area contributed by atoms with Gasteiger partial charge >= 0.3 is 0 Å². The standard InChI is InChI=1S/C17H21N3O2S/c1-4-6-15-14(11-18-17(20-15)23-3)16(21)19-12-7-9-13(10-8-12)22-5-2/h7-11H,4-6H2,1-3H3,(H,19,21). The second-order valence-corrected chi connectivity index (χ2v) is 5.65. The van der Waals surface area contributed by atoms with Crippen LogP contribution >= 0.6 is 11.8 Å². The van der Waals surface area contributed by atoms with Crippen molar-refractivity contribution in [3.8, 4) is 5.75 Å². The number of carbonyl (C=O) groups excluding carboxylic acids is 1. The van der Waals surface area contributed by atoms with E-state index in [1.807, 2.05) is 37.4 Å². The number of carbonyl (C=O) groups is 1. The van der Waals surface area contributed by atoms with Crippen molar-refractivity contribution in [1.29, 1.82) is 0 Å². The first-order valence-electron chi connectivity index (χ1n) is 7.62. The zero-order valence-corrected chi connectivity index (χ0v) is 14.4. The van der Waals surface area contributed by atoms with Crippen molar-refractivity contribution in [1.82, 2.24) is 9.97 Å². The molecule has 0 saturated carbocycles.